The number of methoxy groups -OCH3 is 1. The molecule has 0 bridgehead atoms. The van der Waals surface area contributed by atoms with Gasteiger partial charge in [0.05, 0.1) is 18.3 Å². The van der Waals surface area contributed by atoms with Crippen molar-refractivity contribution in [2.75, 3.05) is 7.11 Å². The molecule has 190 valence electrons. The van der Waals surface area contributed by atoms with Crippen molar-refractivity contribution in [3.8, 4) is 0 Å². The lowest BCUT2D eigenvalue weighted by Crippen LogP contribution is -2.38. The SMILES string of the molecule is COC(C)[C@@H](CCC[C@@H](O)C(C)CC1CCC[C@H](C)C1F)C(C)C(O)C1CCC(C)CC1. The predicted molar refractivity (Wildman–Crippen MR) is 131 cm³/mol. The zero-order valence-electron chi connectivity index (χ0n) is 21.8. The molecule has 0 aromatic rings. The Labute approximate surface area is 197 Å². The van der Waals surface area contributed by atoms with E-state index in [2.05, 4.69) is 27.7 Å². The Morgan fingerprint density at radius 1 is 0.938 bits per heavy atom. The quantitative estimate of drug-likeness (QED) is 0.340. The van der Waals surface area contributed by atoms with Crippen LogP contribution in [0.4, 0.5) is 4.39 Å². The highest BCUT2D eigenvalue weighted by atomic mass is 19.1. The topological polar surface area (TPSA) is 49.7 Å². The Morgan fingerprint density at radius 2 is 1.59 bits per heavy atom. The molecule has 3 nitrogen and oxygen atoms in total. The minimum absolute atomic E-state index is 0.0905. The zero-order valence-corrected chi connectivity index (χ0v) is 21.8. The first-order valence-electron chi connectivity index (χ1n) is 13.7. The second kappa shape index (κ2) is 13.6. The van der Waals surface area contributed by atoms with Gasteiger partial charge in [-0.2, -0.15) is 0 Å². The van der Waals surface area contributed by atoms with Gasteiger partial charge in [-0.25, -0.2) is 4.39 Å². The van der Waals surface area contributed by atoms with Crippen molar-refractivity contribution >= 4 is 0 Å². The Hall–Kier alpha value is -0.190. The molecule has 0 saturated heterocycles. The normalized spacial score (nSPS) is 35.0. The summed E-state index contributed by atoms with van der Waals surface area (Å²) in [7, 11) is 1.76. The molecular weight excluding hydrogens is 403 g/mol. The fourth-order valence-electron chi connectivity index (χ4n) is 6.62. The molecule has 0 spiro atoms. The molecule has 9 atom stereocenters. The maximum atomic E-state index is 14.6. The highest BCUT2D eigenvalue weighted by Crippen LogP contribution is 2.38. The van der Waals surface area contributed by atoms with Crippen LogP contribution in [0.3, 0.4) is 0 Å². The van der Waals surface area contributed by atoms with Crippen LogP contribution in [-0.4, -0.2) is 41.8 Å². The molecule has 2 N–H and O–H groups in total. The van der Waals surface area contributed by atoms with E-state index in [0.29, 0.717) is 5.92 Å². The molecule has 0 aromatic heterocycles. The van der Waals surface area contributed by atoms with Crippen LogP contribution in [0, 0.1) is 41.4 Å². The van der Waals surface area contributed by atoms with Crippen molar-refractivity contribution < 1.29 is 19.3 Å². The summed E-state index contributed by atoms with van der Waals surface area (Å²) in [4.78, 5) is 0. The van der Waals surface area contributed by atoms with Crippen molar-refractivity contribution in [1.29, 1.82) is 0 Å². The summed E-state index contributed by atoms with van der Waals surface area (Å²) in [5, 5.41) is 21.9. The number of halogens is 1. The second-order valence-electron chi connectivity index (χ2n) is 11.8. The Kier molecular flexibility index (Phi) is 12.0. The molecule has 4 heteroatoms. The second-order valence-corrected chi connectivity index (χ2v) is 11.8. The summed E-state index contributed by atoms with van der Waals surface area (Å²) >= 11 is 0. The van der Waals surface area contributed by atoms with Crippen LogP contribution >= 0.6 is 0 Å². The largest absolute Gasteiger partial charge is 0.393 e. The van der Waals surface area contributed by atoms with E-state index in [9.17, 15) is 14.6 Å². The molecule has 2 rings (SSSR count). The third-order valence-electron chi connectivity index (χ3n) is 9.33. The average Bonchev–Trinajstić information content (AvgIpc) is 2.78. The van der Waals surface area contributed by atoms with Gasteiger partial charge in [0.1, 0.15) is 6.17 Å². The lowest BCUT2D eigenvalue weighted by Gasteiger charge is -2.38. The van der Waals surface area contributed by atoms with Gasteiger partial charge < -0.3 is 14.9 Å². The van der Waals surface area contributed by atoms with E-state index in [0.717, 1.165) is 63.7 Å². The number of rotatable bonds is 12. The standard InChI is InChI=1S/C28H53FO3/c1-18-13-15-23(16-14-18)28(31)21(4)25(22(5)32-6)11-8-12-26(30)20(3)17-24-10-7-9-19(2)27(24)29/h18-28,30-31H,7-17H2,1-6H3/t18?,19-,20?,21?,22?,23?,24?,25-,26+,27?,28?/m0/s1. The van der Waals surface area contributed by atoms with Crippen LogP contribution in [0.5, 0.6) is 0 Å². The van der Waals surface area contributed by atoms with E-state index in [4.69, 9.17) is 4.74 Å². The predicted octanol–water partition coefficient (Wildman–Crippen LogP) is 6.79. The smallest absolute Gasteiger partial charge is 0.105 e. The molecule has 2 aliphatic carbocycles. The first-order chi connectivity index (χ1) is 15.1. The molecule has 0 amide bonds. The van der Waals surface area contributed by atoms with Gasteiger partial charge in [-0.1, -0.05) is 53.4 Å². The number of aliphatic hydroxyl groups excluding tert-OH is 2. The zero-order chi connectivity index (χ0) is 23.8. The van der Waals surface area contributed by atoms with Crippen molar-refractivity contribution in [2.24, 2.45) is 41.4 Å². The summed E-state index contributed by atoms with van der Waals surface area (Å²) in [6.07, 6.45) is 9.93. The van der Waals surface area contributed by atoms with E-state index in [1.807, 2.05) is 6.92 Å². The molecule has 0 aromatic carbocycles. The first-order valence-corrected chi connectivity index (χ1v) is 13.7. The van der Waals surface area contributed by atoms with Gasteiger partial charge in [0.25, 0.3) is 0 Å². The molecule has 2 saturated carbocycles. The monoisotopic (exact) mass is 456 g/mol. The fourth-order valence-corrected chi connectivity index (χ4v) is 6.62. The molecule has 0 radical (unpaired) electrons. The number of alkyl halides is 1. The molecular formula is C28H53FO3. The van der Waals surface area contributed by atoms with Crippen LogP contribution in [0.2, 0.25) is 0 Å². The van der Waals surface area contributed by atoms with E-state index < -0.39 is 6.17 Å². The Morgan fingerprint density at radius 3 is 2.22 bits per heavy atom. The minimum atomic E-state index is -0.713. The summed E-state index contributed by atoms with van der Waals surface area (Å²) in [5.41, 5.74) is 0. The number of hydrogen-bond acceptors (Lipinski definition) is 3. The molecule has 0 aliphatic heterocycles. The number of aliphatic hydroxyl groups is 2. The van der Waals surface area contributed by atoms with Gasteiger partial charge in [0.15, 0.2) is 0 Å². The van der Waals surface area contributed by atoms with Crippen molar-refractivity contribution in [1.82, 2.24) is 0 Å². The van der Waals surface area contributed by atoms with Crippen LogP contribution < -0.4 is 0 Å². The number of hydrogen-bond donors (Lipinski definition) is 2. The first kappa shape index (κ1) is 28.1. The molecule has 2 fully saturated rings. The van der Waals surface area contributed by atoms with E-state index in [1.165, 1.54) is 12.8 Å². The molecule has 32 heavy (non-hydrogen) atoms. The fraction of sp³-hybridized carbons (Fsp3) is 1.00. The van der Waals surface area contributed by atoms with Crippen LogP contribution in [0.1, 0.15) is 105 Å². The summed E-state index contributed by atoms with van der Waals surface area (Å²) < 4.78 is 20.3. The van der Waals surface area contributed by atoms with Crippen molar-refractivity contribution in [3.05, 3.63) is 0 Å². The summed E-state index contributed by atoms with van der Waals surface area (Å²) in [6, 6.07) is 0. The van der Waals surface area contributed by atoms with Gasteiger partial charge >= 0.3 is 0 Å². The van der Waals surface area contributed by atoms with Gasteiger partial charge in [-0.15, -0.1) is 0 Å². The van der Waals surface area contributed by atoms with Crippen molar-refractivity contribution in [3.63, 3.8) is 0 Å². The van der Waals surface area contributed by atoms with Gasteiger partial charge in [0, 0.05) is 7.11 Å². The summed E-state index contributed by atoms with van der Waals surface area (Å²) in [6.45, 7) is 10.7. The maximum Gasteiger partial charge on any atom is 0.105 e. The highest BCUT2D eigenvalue weighted by molar-refractivity contribution is 4.85. The third kappa shape index (κ3) is 7.94. The number of ether oxygens (including phenoxy) is 1. The molecule has 2 aliphatic rings. The molecule has 0 heterocycles. The third-order valence-corrected chi connectivity index (χ3v) is 9.33. The summed E-state index contributed by atoms with van der Waals surface area (Å²) in [5.74, 6) is 2.07. The highest BCUT2D eigenvalue weighted by Gasteiger charge is 2.35. The van der Waals surface area contributed by atoms with Gasteiger partial charge in [-0.05, 0) is 93.3 Å². The van der Waals surface area contributed by atoms with Crippen LogP contribution in [0.25, 0.3) is 0 Å². The van der Waals surface area contributed by atoms with Gasteiger partial charge in [-0.3, -0.25) is 0 Å². The minimum Gasteiger partial charge on any atom is -0.393 e. The lowest BCUT2D eigenvalue weighted by molar-refractivity contribution is -0.0362. The van der Waals surface area contributed by atoms with E-state index in [-0.39, 0.29) is 47.9 Å². The van der Waals surface area contributed by atoms with Crippen LogP contribution in [0.15, 0.2) is 0 Å². The lowest BCUT2D eigenvalue weighted by atomic mass is 9.72. The average molecular weight is 457 g/mol. The van der Waals surface area contributed by atoms with Crippen LogP contribution in [-0.2, 0) is 4.74 Å². The Balaban J connectivity index is 1.83. The van der Waals surface area contributed by atoms with Gasteiger partial charge in [0.2, 0.25) is 0 Å². The van der Waals surface area contributed by atoms with E-state index in [1.54, 1.807) is 7.11 Å². The maximum absolute atomic E-state index is 14.6. The molecule has 6 unspecified atom stereocenters. The van der Waals surface area contributed by atoms with Crippen molar-refractivity contribution in [2.45, 2.75) is 130 Å². The Bertz CT molecular complexity index is 507. The van der Waals surface area contributed by atoms with E-state index >= 15 is 0 Å².